The van der Waals surface area contributed by atoms with Crippen molar-refractivity contribution in [3.63, 3.8) is 0 Å². The first-order valence-electron chi connectivity index (χ1n) is 9.01. The first-order chi connectivity index (χ1) is 12.2. The van der Waals surface area contributed by atoms with Gasteiger partial charge in [-0.05, 0) is 55.1 Å². The van der Waals surface area contributed by atoms with Gasteiger partial charge in [0, 0.05) is 18.8 Å². The topological polar surface area (TPSA) is 32.3 Å². The third kappa shape index (κ3) is 4.67. The van der Waals surface area contributed by atoms with Gasteiger partial charge in [0.1, 0.15) is 5.82 Å². The normalized spacial score (nSPS) is 18.1. The summed E-state index contributed by atoms with van der Waals surface area (Å²) in [5, 5.41) is 3.11. The van der Waals surface area contributed by atoms with E-state index in [1.54, 1.807) is 0 Å². The summed E-state index contributed by atoms with van der Waals surface area (Å²) in [5.41, 5.74) is 3.17. The molecule has 1 saturated heterocycles. The Morgan fingerprint density at radius 1 is 1.20 bits per heavy atom. The Morgan fingerprint density at radius 3 is 2.72 bits per heavy atom. The lowest BCUT2D eigenvalue weighted by Gasteiger charge is -2.32. The molecule has 4 heteroatoms. The Balaban J connectivity index is 1.60. The molecule has 1 heterocycles. The van der Waals surface area contributed by atoms with Crippen LogP contribution in [0.3, 0.4) is 0 Å². The van der Waals surface area contributed by atoms with E-state index in [1.165, 1.54) is 12.1 Å². The smallest absolute Gasteiger partial charge is 0.228 e. The molecule has 0 unspecified atom stereocenters. The van der Waals surface area contributed by atoms with Crippen molar-refractivity contribution in [1.29, 1.82) is 0 Å². The number of likely N-dealkylation sites (tertiary alicyclic amines) is 1. The number of aryl methyl sites for hydroxylation is 1. The van der Waals surface area contributed by atoms with Crippen molar-refractivity contribution in [3.05, 3.63) is 65.5 Å². The van der Waals surface area contributed by atoms with Crippen LogP contribution in [0.5, 0.6) is 0 Å². The van der Waals surface area contributed by atoms with Gasteiger partial charge in [-0.15, -0.1) is 0 Å². The third-order valence-corrected chi connectivity index (χ3v) is 4.85. The molecular weight excluding hydrogens is 315 g/mol. The minimum absolute atomic E-state index is 0.000824. The van der Waals surface area contributed by atoms with E-state index in [2.05, 4.69) is 23.2 Å². The molecule has 0 spiro atoms. The minimum atomic E-state index is -0.214. The Kier molecular flexibility index (Phi) is 5.82. The van der Waals surface area contributed by atoms with Crippen LogP contribution < -0.4 is 5.32 Å². The summed E-state index contributed by atoms with van der Waals surface area (Å²) in [5.74, 6) is -0.113. The molecule has 0 bridgehead atoms. The highest BCUT2D eigenvalue weighted by Crippen LogP contribution is 2.22. The van der Waals surface area contributed by atoms with Gasteiger partial charge in [0.15, 0.2) is 0 Å². The van der Waals surface area contributed by atoms with Gasteiger partial charge in [0.2, 0.25) is 5.91 Å². The van der Waals surface area contributed by atoms with Crippen LogP contribution >= 0.6 is 0 Å². The molecular formula is C21H25FN2O. The standard InChI is InChI=1S/C21H25FN2O/c1-2-17-6-3-4-8-20(17)23-21(25)18-7-5-13-24(15-18)14-16-9-11-19(22)12-10-16/h3-4,6,8-12,18H,2,5,7,13-15H2,1H3,(H,23,25)/t18-/m0/s1. The fourth-order valence-electron chi connectivity index (χ4n) is 3.45. The van der Waals surface area contributed by atoms with Crippen LogP contribution in [-0.2, 0) is 17.8 Å². The van der Waals surface area contributed by atoms with E-state index in [0.717, 1.165) is 55.7 Å². The van der Waals surface area contributed by atoms with E-state index in [9.17, 15) is 9.18 Å². The molecule has 1 aliphatic rings. The zero-order chi connectivity index (χ0) is 17.6. The fourth-order valence-corrected chi connectivity index (χ4v) is 3.45. The minimum Gasteiger partial charge on any atom is -0.326 e. The number of amides is 1. The fraction of sp³-hybridized carbons (Fsp3) is 0.381. The highest BCUT2D eigenvalue weighted by Gasteiger charge is 2.26. The number of rotatable bonds is 5. The zero-order valence-electron chi connectivity index (χ0n) is 14.7. The quantitative estimate of drug-likeness (QED) is 0.883. The Morgan fingerprint density at radius 2 is 1.96 bits per heavy atom. The molecule has 1 fully saturated rings. The number of benzene rings is 2. The van der Waals surface area contributed by atoms with Crippen molar-refractivity contribution < 1.29 is 9.18 Å². The zero-order valence-corrected chi connectivity index (χ0v) is 14.7. The second-order valence-corrected chi connectivity index (χ2v) is 6.70. The predicted octanol–water partition coefficient (Wildman–Crippen LogP) is 4.24. The largest absolute Gasteiger partial charge is 0.326 e. The molecule has 1 amide bonds. The molecule has 25 heavy (non-hydrogen) atoms. The van der Waals surface area contributed by atoms with Crippen molar-refractivity contribution in [2.45, 2.75) is 32.7 Å². The maximum absolute atomic E-state index is 13.0. The van der Waals surface area contributed by atoms with Crippen molar-refractivity contribution in [3.8, 4) is 0 Å². The summed E-state index contributed by atoms with van der Waals surface area (Å²) < 4.78 is 13.0. The van der Waals surface area contributed by atoms with Gasteiger partial charge in [0.05, 0.1) is 5.92 Å². The van der Waals surface area contributed by atoms with Crippen LogP contribution in [-0.4, -0.2) is 23.9 Å². The highest BCUT2D eigenvalue weighted by molar-refractivity contribution is 5.93. The third-order valence-electron chi connectivity index (χ3n) is 4.85. The van der Waals surface area contributed by atoms with Gasteiger partial charge in [-0.3, -0.25) is 9.69 Å². The maximum atomic E-state index is 13.0. The monoisotopic (exact) mass is 340 g/mol. The van der Waals surface area contributed by atoms with Crippen LogP contribution in [0, 0.1) is 11.7 Å². The number of nitrogens with zero attached hydrogens (tertiary/aromatic N) is 1. The first-order valence-corrected chi connectivity index (χ1v) is 9.01. The molecule has 1 aliphatic heterocycles. The molecule has 0 aliphatic carbocycles. The number of para-hydroxylation sites is 1. The van der Waals surface area contributed by atoms with Gasteiger partial charge in [-0.1, -0.05) is 37.3 Å². The highest BCUT2D eigenvalue weighted by atomic mass is 19.1. The van der Waals surface area contributed by atoms with Gasteiger partial charge in [-0.25, -0.2) is 4.39 Å². The lowest BCUT2D eigenvalue weighted by molar-refractivity contribution is -0.121. The summed E-state index contributed by atoms with van der Waals surface area (Å²) in [4.78, 5) is 15.0. The van der Waals surface area contributed by atoms with Crippen LogP contribution in [0.15, 0.2) is 48.5 Å². The van der Waals surface area contributed by atoms with Crippen molar-refractivity contribution in [1.82, 2.24) is 4.90 Å². The summed E-state index contributed by atoms with van der Waals surface area (Å²) in [6, 6.07) is 14.6. The Labute approximate surface area is 148 Å². The second-order valence-electron chi connectivity index (χ2n) is 6.70. The Hall–Kier alpha value is -2.20. The van der Waals surface area contributed by atoms with E-state index in [1.807, 2.05) is 30.3 Å². The lowest BCUT2D eigenvalue weighted by atomic mass is 9.96. The maximum Gasteiger partial charge on any atom is 0.228 e. The molecule has 3 nitrogen and oxygen atoms in total. The summed E-state index contributed by atoms with van der Waals surface area (Å²) in [7, 11) is 0. The van der Waals surface area contributed by atoms with Gasteiger partial charge in [0.25, 0.3) is 0 Å². The number of carbonyl (C=O) groups is 1. The number of nitrogens with one attached hydrogen (secondary N) is 1. The molecule has 3 rings (SSSR count). The van der Waals surface area contributed by atoms with Gasteiger partial charge in [-0.2, -0.15) is 0 Å². The molecule has 0 aromatic heterocycles. The van der Waals surface area contributed by atoms with Crippen LogP contribution in [0.25, 0.3) is 0 Å². The molecule has 1 atom stereocenters. The van der Waals surface area contributed by atoms with Crippen molar-refractivity contribution in [2.75, 3.05) is 18.4 Å². The summed E-state index contributed by atoms with van der Waals surface area (Å²) >= 11 is 0. The number of hydrogen-bond acceptors (Lipinski definition) is 2. The average Bonchev–Trinajstić information content (AvgIpc) is 2.64. The summed E-state index contributed by atoms with van der Waals surface area (Å²) in [6.07, 6.45) is 2.83. The van der Waals surface area contributed by atoms with Gasteiger partial charge < -0.3 is 5.32 Å². The van der Waals surface area contributed by atoms with E-state index in [4.69, 9.17) is 0 Å². The van der Waals surface area contributed by atoms with E-state index < -0.39 is 0 Å². The predicted molar refractivity (Wildman–Crippen MR) is 98.9 cm³/mol. The number of carbonyl (C=O) groups excluding carboxylic acids is 1. The van der Waals surface area contributed by atoms with Gasteiger partial charge >= 0.3 is 0 Å². The average molecular weight is 340 g/mol. The molecule has 0 radical (unpaired) electrons. The molecule has 2 aromatic rings. The summed E-state index contributed by atoms with van der Waals surface area (Å²) in [6.45, 7) is 4.58. The first kappa shape index (κ1) is 17.6. The molecule has 1 N–H and O–H groups in total. The van der Waals surface area contributed by atoms with Crippen LogP contribution in [0.4, 0.5) is 10.1 Å². The number of anilines is 1. The number of piperidine rings is 1. The second kappa shape index (κ2) is 8.26. The molecule has 2 aromatic carbocycles. The SMILES string of the molecule is CCc1ccccc1NC(=O)[C@H]1CCCN(Cc2ccc(F)cc2)C1. The Bertz CT molecular complexity index is 714. The van der Waals surface area contributed by atoms with Crippen molar-refractivity contribution >= 4 is 11.6 Å². The lowest BCUT2D eigenvalue weighted by Crippen LogP contribution is -2.40. The molecule has 132 valence electrons. The van der Waals surface area contributed by atoms with E-state index >= 15 is 0 Å². The van der Waals surface area contributed by atoms with Crippen LogP contribution in [0.1, 0.15) is 30.9 Å². The van der Waals surface area contributed by atoms with E-state index in [0.29, 0.717) is 0 Å². The van der Waals surface area contributed by atoms with Crippen LogP contribution in [0.2, 0.25) is 0 Å². The van der Waals surface area contributed by atoms with Crippen molar-refractivity contribution in [2.24, 2.45) is 5.92 Å². The number of halogens is 1. The van der Waals surface area contributed by atoms with E-state index in [-0.39, 0.29) is 17.6 Å². The number of hydrogen-bond donors (Lipinski definition) is 1. The molecule has 0 saturated carbocycles.